The summed E-state index contributed by atoms with van der Waals surface area (Å²) in [5.74, 6) is 0. The zero-order valence-corrected chi connectivity index (χ0v) is 13.8. The van der Waals surface area contributed by atoms with Gasteiger partial charge in [0.1, 0.15) is 11.9 Å². The van der Waals surface area contributed by atoms with Crippen LogP contribution in [0.4, 0.5) is 4.79 Å². The molecule has 4 nitrogen and oxygen atoms in total. The normalized spacial score (nSPS) is 10.1. The molecule has 0 aliphatic rings. The number of rotatable bonds is 4. The van der Waals surface area contributed by atoms with E-state index in [0.717, 1.165) is 6.29 Å². The van der Waals surface area contributed by atoms with Crippen molar-refractivity contribution in [3.05, 3.63) is 35.9 Å². The Labute approximate surface area is 128 Å². The van der Waals surface area contributed by atoms with Crippen LogP contribution in [0.15, 0.2) is 30.3 Å². The molecule has 0 aromatic heterocycles. The van der Waals surface area contributed by atoms with E-state index in [-0.39, 0.29) is 6.09 Å². The first-order valence-electron chi connectivity index (χ1n) is 7.15. The predicted molar refractivity (Wildman–Crippen MR) is 85.3 cm³/mol. The minimum atomic E-state index is -0.462. The number of nitrogens with zero attached hydrogens (tertiary/aromatic N) is 1. The number of aldehydes is 1. The summed E-state index contributed by atoms with van der Waals surface area (Å²) in [5.41, 5.74) is 0.859. The average molecular weight is 293 g/mol. The lowest BCUT2D eigenvalue weighted by molar-refractivity contribution is -0.108. The monoisotopic (exact) mass is 293 g/mol. The summed E-state index contributed by atoms with van der Waals surface area (Å²) >= 11 is 0. The first kappa shape index (κ1) is 19.2. The molecular formula is C17H27NO3. The third kappa shape index (κ3) is 11.7. The van der Waals surface area contributed by atoms with Gasteiger partial charge >= 0.3 is 6.09 Å². The Morgan fingerprint density at radius 1 is 1.24 bits per heavy atom. The van der Waals surface area contributed by atoms with E-state index in [4.69, 9.17) is 4.74 Å². The van der Waals surface area contributed by atoms with E-state index in [9.17, 15) is 9.59 Å². The van der Waals surface area contributed by atoms with E-state index in [1.807, 2.05) is 39.0 Å². The van der Waals surface area contributed by atoms with E-state index in [2.05, 4.69) is 19.1 Å². The Morgan fingerprint density at radius 2 is 1.81 bits per heavy atom. The Balaban J connectivity index is 0.000000471. The largest absolute Gasteiger partial charge is 0.444 e. The third-order valence-electron chi connectivity index (χ3n) is 2.46. The van der Waals surface area contributed by atoms with Crippen molar-refractivity contribution >= 4 is 12.4 Å². The van der Waals surface area contributed by atoms with E-state index >= 15 is 0 Å². The maximum absolute atomic E-state index is 11.4. The van der Waals surface area contributed by atoms with Gasteiger partial charge in [-0.3, -0.25) is 0 Å². The topological polar surface area (TPSA) is 46.6 Å². The number of carbonyl (C=O) groups excluding carboxylic acids is 2. The Hall–Kier alpha value is -1.84. The molecule has 0 saturated carbocycles. The lowest BCUT2D eigenvalue weighted by Crippen LogP contribution is -2.34. The molecule has 0 unspecified atom stereocenters. The fourth-order valence-corrected chi connectivity index (χ4v) is 1.38. The van der Waals surface area contributed by atoms with Crippen molar-refractivity contribution in [1.29, 1.82) is 0 Å². The van der Waals surface area contributed by atoms with E-state index in [0.29, 0.717) is 19.4 Å². The number of carbonyl (C=O) groups is 2. The van der Waals surface area contributed by atoms with E-state index < -0.39 is 5.60 Å². The molecule has 0 radical (unpaired) electrons. The van der Waals surface area contributed by atoms with Crippen LogP contribution in [0.1, 0.15) is 39.2 Å². The lowest BCUT2D eigenvalue weighted by Gasteiger charge is -2.24. The van der Waals surface area contributed by atoms with E-state index in [1.54, 1.807) is 7.05 Å². The molecule has 0 N–H and O–H groups in total. The molecule has 0 aliphatic heterocycles. The van der Waals surface area contributed by atoms with Crippen molar-refractivity contribution in [2.24, 2.45) is 0 Å². The van der Waals surface area contributed by atoms with Crippen LogP contribution in [-0.4, -0.2) is 36.5 Å². The Morgan fingerprint density at radius 3 is 2.19 bits per heavy atom. The lowest BCUT2D eigenvalue weighted by atomic mass is 10.2. The van der Waals surface area contributed by atoms with Gasteiger partial charge in [0.15, 0.2) is 0 Å². The third-order valence-corrected chi connectivity index (χ3v) is 2.46. The zero-order chi connectivity index (χ0) is 16.3. The predicted octanol–water partition coefficient (Wildman–Crippen LogP) is 3.83. The molecule has 0 spiro atoms. The summed E-state index contributed by atoms with van der Waals surface area (Å²) in [6.45, 7) is 8.10. The van der Waals surface area contributed by atoms with Crippen LogP contribution in [0, 0.1) is 6.92 Å². The van der Waals surface area contributed by atoms with Crippen LogP contribution in [0.2, 0.25) is 0 Å². The van der Waals surface area contributed by atoms with Crippen molar-refractivity contribution in [3.8, 4) is 0 Å². The van der Waals surface area contributed by atoms with Crippen LogP contribution in [0.5, 0.6) is 0 Å². The van der Waals surface area contributed by atoms with Gasteiger partial charge in [-0.05, 0) is 34.1 Å². The van der Waals surface area contributed by atoms with Gasteiger partial charge in [0.2, 0.25) is 0 Å². The maximum atomic E-state index is 11.4. The molecule has 1 amide bonds. The van der Waals surface area contributed by atoms with Crippen molar-refractivity contribution in [3.63, 3.8) is 0 Å². The molecule has 0 atom stereocenters. The summed E-state index contributed by atoms with van der Waals surface area (Å²) in [6.07, 6.45) is 1.67. The molecule has 21 heavy (non-hydrogen) atoms. The van der Waals surface area contributed by atoms with Gasteiger partial charge in [-0.2, -0.15) is 0 Å². The molecule has 1 aromatic carbocycles. The van der Waals surface area contributed by atoms with Crippen molar-refractivity contribution in [2.45, 2.75) is 46.1 Å². The SMILES string of the molecule is CN(CCCC=O)C(=O)OC(C)(C)C.Cc1ccccc1. The molecule has 1 rings (SSSR count). The van der Waals surface area contributed by atoms with Crippen molar-refractivity contribution < 1.29 is 14.3 Å². The highest BCUT2D eigenvalue weighted by Gasteiger charge is 2.18. The smallest absolute Gasteiger partial charge is 0.410 e. The quantitative estimate of drug-likeness (QED) is 0.626. The van der Waals surface area contributed by atoms with Crippen LogP contribution >= 0.6 is 0 Å². The number of ether oxygens (including phenoxy) is 1. The maximum Gasteiger partial charge on any atom is 0.410 e. The number of unbranched alkanes of at least 4 members (excludes halogenated alkanes) is 1. The van der Waals surface area contributed by atoms with E-state index in [1.165, 1.54) is 10.5 Å². The molecule has 0 fully saturated rings. The van der Waals surface area contributed by atoms with Gasteiger partial charge < -0.3 is 14.4 Å². The van der Waals surface area contributed by atoms with Gasteiger partial charge in [0, 0.05) is 20.0 Å². The highest BCUT2D eigenvalue weighted by molar-refractivity contribution is 5.67. The summed E-state index contributed by atoms with van der Waals surface area (Å²) in [6, 6.07) is 10.3. The van der Waals surface area contributed by atoms with Gasteiger partial charge in [-0.25, -0.2) is 4.79 Å². The van der Waals surface area contributed by atoms with Gasteiger partial charge in [-0.1, -0.05) is 35.9 Å². The molecule has 4 heteroatoms. The van der Waals surface area contributed by atoms with Gasteiger partial charge in [0.05, 0.1) is 0 Å². The number of aryl methyl sites for hydroxylation is 1. The van der Waals surface area contributed by atoms with Crippen LogP contribution in [0.25, 0.3) is 0 Å². The molecule has 118 valence electrons. The molecule has 1 aromatic rings. The Kier molecular flexibility index (Phi) is 9.10. The van der Waals surface area contributed by atoms with Crippen molar-refractivity contribution in [2.75, 3.05) is 13.6 Å². The number of hydrogen-bond donors (Lipinski definition) is 0. The molecular weight excluding hydrogens is 266 g/mol. The molecule has 0 bridgehead atoms. The molecule has 0 saturated heterocycles. The van der Waals surface area contributed by atoms with Gasteiger partial charge in [0.25, 0.3) is 0 Å². The minimum absolute atomic E-state index is 0.344. The number of hydrogen-bond acceptors (Lipinski definition) is 3. The van der Waals surface area contributed by atoms with Gasteiger partial charge in [-0.15, -0.1) is 0 Å². The molecule has 0 heterocycles. The highest BCUT2D eigenvalue weighted by Crippen LogP contribution is 2.09. The average Bonchev–Trinajstić information content (AvgIpc) is 2.38. The summed E-state index contributed by atoms with van der Waals surface area (Å²) < 4.78 is 5.13. The summed E-state index contributed by atoms with van der Waals surface area (Å²) in [5, 5.41) is 0. The highest BCUT2D eigenvalue weighted by atomic mass is 16.6. The van der Waals surface area contributed by atoms with Crippen LogP contribution in [-0.2, 0) is 9.53 Å². The zero-order valence-electron chi connectivity index (χ0n) is 13.8. The fourth-order valence-electron chi connectivity index (χ4n) is 1.38. The Bertz CT molecular complexity index is 410. The second kappa shape index (κ2) is 9.97. The van der Waals surface area contributed by atoms with Crippen molar-refractivity contribution in [1.82, 2.24) is 4.90 Å². The number of amides is 1. The number of benzene rings is 1. The minimum Gasteiger partial charge on any atom is -0.444 e. The second-order valence-electron chi connectivity index (χ2n) is 5.87. The summed E-state index contributed by atoms with van der Waals surface area (Å²) in [4.78, 5) is 22.9. The molecule has 0 aliphatic carbocycles. The van der Waals surface area contributed by atoms with Crippen LogP contribution < -0.4 is 0 Å². The standard InChI is InChI=1S/C10H19NO3.C7H8/c1-10(2,3)14-9(13)11(4)7-5-6-8-12;1-7-5-3-2-4-6-7/h8H,5-7H2,1-4H3;2-6H,1H3. The first-order chi connectivity index (χ1) is 9.76. The second-order valence-corrected chi connectivity index (χ2v) is 5.87. The van der Waals surface area contributed by atoms with Crippen LogP contribution in [0.3, 0.4) is 0 Å². The fraction of sp³-hybridized carbons (Fsp3) is 0.529. The first-order valence-corrected chi connectivity index (χ1v) is 7.15. The summed E-state index contributed by atoms with van der Waals surface area (Å²) in [7, 11) is 1.67.